The molecule has 0 radical (unpaired) electrons. The molecule has 0 saturated carbocycles. The van der Waals surface area contributed by atoms with E-state index in [0.717, 1.165) is 30.3 Å². The van der Waals surface area contributed by atoms with Crippen molar-refractivity contribution in [3.8, 4) is 34.5 Å². The zero-order valence-corrected chi connectivity index (χ0v) is 19.9. The van der Waals surface area contributed by atoms with Crippen molar-refractivity contribution in [2.45, 2.75) is 24.5 Å². The van der Waals surface area contributed by atoms with Crippen LogP contribution in [0.2, 0.25) is 0 Å². The molecule has 0 bridgehead atoms. The highest BCUT2D eigenvalue weighted by atomic mass is 16.6. The number of aromatic hydroxyl groups is 5. The highest BCUT2D eigenvalue weighted by Gasteiger charge is 2.43. The zero-order valence-electron chi connectivity index (χ0n) is 19.9. The lowest BCUT2D eigenvalue weighted by atomic mass is 9.88. The average Bonchev–Trinajstić information content (AvgIpc) is 3.29. The van der Waals surface area contributed by atoms with E-state index in [0.29, 0.717) is 0 Å². The van der Waals surface area contributed by atoms with Crippen molar-refractivity contribution >= 4 is 24.0 Å². The summed E-state index contributed by atoms with van der Waals surface area (Å²) in [7, 11) is 0. The number of carbonyl (C=O) groups excluding carboxylic acids is 1. The molecule has 202 valence electrons. The first-order valence-electron chi connectivity index (χ1n) is 11.4. The van der Waals surface area contributed by atoms with Crippen LogP contribution in [0.4, 0.5) is 0 Å². The summed E-state index contributed by atoms with van der Waals surface area (Å²) < 4.78 is 10.8. The van der Waals surface area contributed by atoms with Crippen molar-refractivity contribution in [2.24, 2.45) is 0 Å². The molecule has 12 heteroatoms. The quantitative estimate of drug-likeness (QED) is 0.125. The van der Waals surface area contributed by atoms with Crippen LogP contribution in [-0.4, -0.2) is 59.8 Å². The highest BCUT2D eigenvalue weighted by Crippen LogP contribution is 2.52. The van der Waals surface area contributed by atoms with Crippen LogP contribution in [0.3, 0.4) is 0 Å². The maximum absolute atomic E-state index is 12.5. The predicted molar refractivity (Wildman–Crippen MR) is 132 cm³/mol. The van der Waals surface area contributed by atoms with Gasteiger partial charge in [-0.15, -0.1) is 0 Å². The van der Waals surface area contributed by atoms with E-state index >= 15 is 0 Å². The van der Waals surface area contributed by atoms with Gasteiger partial charge in [0.2, 0.25) is 6.10 Å². The number of esters is 1. The van der Waals surface area contributed by atoms with Crippen LogP contribution in [-0.2, 0) is 25.5 Å². The van der Waals surface area contributed by atoms with E-state index in [4.69, 9.17) is 9.47 Å². The molecule has 3 atom stereocenters. The Morgan fingerprint density at radius 3 is 2.10 bits per heavy atom. The normalized spacial score (nSPS) is 16.8. The summed E-state index contributed by atoms with van der Waals surface area (Å²) in [6.07, 6.45) is -1.09. The molecule has 0 fully saturated rings. The molecule has 39 heavy (non-hydrogen) atoms. The number of phenolic OH excluding ortho intramolecular Hbond substituents is 5. The molecule has 4 rings (SSSR count). The van der Waals surface area contributed by atoms with Crippen LogP contribution in [0.25, 0.3) is 6.08 Å². The number of aliphatic carboxylic acids is 2. The number of fused-ring (bicyclic) bond motifs is 1. The van der Waals surface area contributed by atoms with Crippen molar-refractivity contribution in [1.29, 1.82) is 0 Å². The molecular weight excluding hydrogens is 516 g/mol. The number of benzene rings is 3. The summed E-state index contributed by atoms with van der Waals surface area (Å²) in [5, 5.41) is 68.2. The summed E-state index contributed by atoms with van der Waals surface area (Å²) in [5.74, 6) is -7.59. The van der Waals surface area contributed by atoms with Gasteiger partial charge in [0.1, 0.15) is 12.0 Å². The van der Waals surface area contributed by atoms with Gasteiger partial charge >= 0.3 is 17.9 Å². The lowest BCUT2D eigenvalue weighted by Crippen LogP contribution is -2.28. The Labute approximate surface area is 219 Å². The van der Waals surface area contributed by atoms with Gasteiger partial charge in [0.15, 0.2) is 34.5 Å². The molecule has 1 heterocycles. The van der Waals surface area contributed by atoms with Gasteiger partial charge in [-0.05, 0) is 53.1 Å². The van der Waals surface area contributed by atoms with Crippen LogP contribution >= 0.6 is 0 Å². The molecule has 0 spiro atoms. The molecular formula is C27H22O12. The van der Waals surface area contributed by atoms with E-state index in [1.165, 1.54) is 30.3 Å². The van der Waals surface area contributed by atoms with Gasteiger partial charge in [0.05, 0.1) is 0 Å². The molecule has 1 aliphatic heterocycles. The Morgan fingerprint density at radius 1 is 0.846 bits per heavy atom. The SMILES string of the molecule is O=C(/C=C/c1ccc(O)c2c1[C@@H](C(=O)O)[C@H](c1ccc(O)c(O)c1)O2)OC(Cc1ccc(O)c(O)c1)C(=O)O. The molecule has 0 aromatic heterocycles. The monoisotopic (exact) mass is 538 g/mol. The summed E-state index contributed by atoms with van der Waals surface area (Å²) in [6.45, 7) is 0. The standard InChI is InChI=1S/C27H22O12/c28-15-5-1-12(9-18(15)31)10-20(26(34)35)38-21(33)8-4-13-2-7-17(30)25-22(13)23(27(36)37)24(39-25)14-3-6-16(29)19(32)11-14/h1-9,11,20,23-24,28-32H,10H2,(H,34,35)(H,36,37)/b8-4+/t20?,23-,24+/m1/s1. The van der Waals surface area contributed by atoms with Gasteiger partial charge in [-0.3, -0.25) is 4.79 Å². The lowest BCUT2D eigenvalue weighted by molar-refractivity contribution is -0.160. The lowest BCUT2D eigenvalue weighted by Gasteiger charge is -2.17. The van der Waals surface area contributed by atoms with Crippen molar-refractivity contribution in [3.05, 3.63) is 76.9 Å². The minimum Gasteiger partial charge on any atom is -0.504 e. The van der Waals surface area contributed by atoms with Crippen LogP contribution in [0.5, 0.6) is 34.5 Å². The number of carboxylic acids is 2. The van der Waals surface area contributed by atoms with Crippen LogP contribution in [0.1, 0.15) is 34.3 Å². The summed E-state index contributed by atoms with van der Waals surface area (Å²) in [5.41, 5.74) is 0.664. The fourth-order valence-corrected chi connectivity index (χ4v) is 4.20. The van der Waals surface area contributed by atoms with Crippen molar-refractivity contribution < 1.29 is 59.6 Å². The molecule has 1 unspecified atom stereocenters. The Morgan fingerprint density at radius 2 is 1.49 bits per heavy atom. The van der Waals surface area contributed by atoms with Gasteiger partial charge in [-0.1, -0.05) is 18.2 Å². The summed E-state index contributed by atoms with van der Waals surface area (Å²) >= 11 is 0. The first kappa shape index (κ1) is 26.7. The zero-order chi connectivity index (χ0) is 28.4. The van der Waals surface area contributed by atoms with E-state index in [1.807, 2.05) is 0 Å². The molecule has 3 aromatic carbocycles. The van der Waals surface area contributed by atoms with Gasteiger partial charge in [-0.2, -0.15) is 0 Å². The number of hydrogen-bond donors (Lipinski definition) is 7. The Kier molecular flexibility index (Phi) is 7.20. The molecule has 0 amide bonds. The number of hydrogen-bond acceptors (Lipinski definition) is 10. The smallest absolute Gasteiger partial charge is 0.345 e. The molecule has 3 aromatic rings. The van der Waals surface area contributed by atoms with Crippen LogP contribution in [0, 0.1) is 0 Å². The van der Waals surface area contributed by atoms with Gasteiger partial charge < -0.3 is 45.2 Å². The summed E-state index contributed by atoms with van der Waals surface area (Å²) in [6, 6.07) is 9.83. The second-order valence-corrected chi connectivity index (χ2v) is 8.64. The molecule has 12 nitrogen and oxygen atoms in total. The molecule has 7 N–H and O–H groups in total. The molecule has 0 saturated heterocycles. The van der Waals surface area contributed by atoms with Crippen molar-refractivity contribution in [1.82, 2.24) is 0 Å². The second-order valence-electron chi connectivity index (χ2n) is 8.64. The topological polar surface area (TPSA) is 211 Å². The second kappa shape index (κ2) is 10.5. The van der Waals surface area contributed by atoms with E-state index in [2.05, 4.69) is 0 Å². The van der Waals surface area contributed by atoms with Gasteiger partial charge in [-0.25, -0.2) is 9.59 Å². The third-order valence-corrected chi connectivity index (χ3v) is 6.06. The summed E-state index contributed by atoms with van der Waals surface area (Å²) in [4.78, 5) is 36.4. The maximum atomic E-state index is 12.5. The largest absolute Gasteiger partial charge is 0.504 e. The van der Waals surface area contributed by atoms with E-state index in [-0.39, 0.29) is 40.2 Å². The number of carboxylic acid groups (broad SMARTS) is 2. The minimum atomic E-state index is -1.64. The average molecular weight is 538 g/mol. The van der Waals surface area contributed by atoms with E-state index in [9.17, 15) is 50.1 Å². The van der Waals surface area contributed by atoms with E-state index < -0.39 is 59.0 Å². The van der Waals surface area contributed by atoms with Crippen LogP contribution < -0.4 is 4.74 Å². The molecule has 0 aliphatic carbocycles. The maximum Gasteiger partial charge on any atom is 0.345 e. The highest BCUT2D eigenvalue weighted by molar-refractivity contribution is 5.91. The Hall–Kier alpha value is -5.39. The minimum absolute atomic E-state index is 0.0264. The van der Waals surface area contributed by atoms with Crippen molar-refractivity contribution in [2.75, 3.05) is 0 Å². The number of phenols is 5. The molecule has 1 aliphatic rings. The van der Waals surface area contributed by atoms with Gasteiger partial charge in [0.25, 0.3) is 0 Å². The number of rotatable bonds is 8. The predicted octanol–water partition coefficient (Wildman–Crippen LogP) is 2.77. The number of ether oxygens (including phenoxy) is 2. The third-order valence-electron chi connectivity index (χ3n) is 6.06. The fourth-order valence-electron chi connectivity index (χ4n) is 4.20. The first-order valence-corrected chi connectivity index (χ1v) is 11.4. The van der Waals surface area contributed by atoms with Gasteiger partial charge in [0, 0.05) is 18.1 Å². The van der Waals surface area contributed by atoms with E-state index in [1.54, 1.807) is 0 Å². The number of carbonyl (C=O) groups is 3. The Bertz CT molecular complexity index is 1490. The Balaban J connectivity index is 1.59. The fraction of sp³-hybridized carbons (Fsp3) is 0.148. The van der Waals surface area contributed by atoms with Crippen molar-refractivity contribution in [3.63, 3.8) is 0 Å². The third kappa shape index (κ3) is 5.49. The first-order chi connectivity index (χ1) is 18.5. The van der Waals surface area contributed by atoms with Crippen LogP contribution in [0.15, 0.2) is 54.6 Å².